The van der Waals surface area contributed by atoms with Crippen molar-refractivity contribution in [1.29, 1.82) is 0 Å². The third-order valence-electron chi connectivity index (χ3n) is 5.30. The van der Waals surface area contributed by atoms with Crippen molar-refractivity contribution in [2.75, 3.05) is 24.1 Å². The summed E-state index contributed by atoms with van der Waals surface area (Å²) < 4.78 is 25.2. The summed E-state index contributed by atoms with van der Waals surface area (Å²) in [6, 6.07) is 15.3. The van der Waals surface area contributed by atoms with Crippen molar-refractivity contribution < 1.29 is 13.2 Å². The van der Waals surface area contributed by atoms with E-state index >= 15 is 0 Å². The zero-order chi connectivity index (χ0) is 21.0. The zero-order valence-electron chi connectivity index (χ0n) is 17.2. The molecule has 0 saturated carbocycles. The lowest BCUT2D eigenvalue weighted by atomic mass is 9.95. The van der Waals surface area contributed by atoms with Crippen LogP contribution < -0.4 is 10.0 Å². The van der Waals surface area contributed by atoms with Crippen LogP contribution in [0.4, 0.5) is 5.69 Å². The number of fused-ring (bicyclic) bond motifs is 1. The average molecular weight is 416 g/mol. The molecule has 0 unspecified atom stereocenters. The van der Waals surface area contributed by atoms with Gasteiger partial charge in [-0.3, -0.25) is 14.4 Å². The second-order valence-corrected chi connectivity index (χ2v) is 9.71. The van der Waals surface area contributed by atoms with Gasteiger partial charge in [-0.05, 0) is 41.7 Å². The highest BCUT2D eigenvalue weighted by molar-refractivity contribution is 7.92. The number of sulfonamides is 1. The number of rotatable bonds is 7. The molecule has 1 aliphatic heterocycles. The Morgan fingerprint density at radius 2 is 1.83 bits per heavy atom. The predicted octanol–water partition coefficient (Wildman–Crippen LogP) is 2.87. The van der Waals surface area contributed by atoms with Crippen molar-refractivity contribution in [3.63, 3.8) is 0 Å². The highest BCUT2D eigenvalue weighted by Gasteiger charge is 2.26. The minimum absolute atomic E-state index is 0.204. The number of hydrogen-bond acceptors (Lipinski definition) is 4. The van der Waals surface area contributed by atoms with E-state index in [4.69, 9.17) is 0 Å². The Bertz CT molecular complexity index is 973. The molecule has 0 fully saturated rings. The summed E-state index contributed by atoms with van der Waals surface area (Å²) in [5, 5.41) is 3.03. The zero-order valence-corrected chi connectivity index (χ0v) is 18.0. The highest BCUT2D eigenvalue weighted by Crippen LogP contribution is 2.23. The van der Waals surface area contributed by atoms with Crippen LogP contribution in [0.2, 0.25) is 0 Å². The SMILES string of the molecule is CC(C)[C@@H](CNC(=O)c1cccc(NS(C)(=O)=O)c1)N1CCc2ccccc2C1. The van der Waals surface area contributed by atoms with E-state index in [1.54, 1.807) is 24.3 Å². The van der Waals surface area contributed by atoms with E-state index in [0.29, 0.717) is 23.7 Å². The fourth-order valence-electron chi connectivity index (χ4n) is 3.82. The Balaban J connectivity index is 1.65. The maximum absolute atomic E-state index is 12.7. The van der Waals surface area contributed by atoms with E-state index in [-0.39, 0.29) is 11.9 Å². The van der Waals surface area contributed by atoms with E-state index in [9.17, 15) is 13.2 Å². The van der Waals surface area contributed by atoms with Gasteiger partial charge in [0.1, 0.15) is 0 Å². The smallest absolute Gasteiger partial charge is 0.251 e. The van der Waals surface area contributed by atoms with E-state index in [1.165, 1.54) is 11.1 Å². The van der Waals surface area contributed by atoms with Gasteiger partial charge in [0.2, 0.25) is 10.0 Å². The van der Waals surface area contributed by atoms with Crippen LogP contribution in [0.3, 0.4) is 0 Å². The molecule has 1 amide bonds. The molecule has 1 aliphatic rings. The summed E-state index contributed by atoms with van der Waals surface area (Å²) in [6.45, 7) is 6.76. The molecule has 156 valence electrons. The van der Waals surface area contributed by atoms with E-state index in [0.717, 1.165) is 25.8 Å². The number of anilines is 1. The van der Waals surface area contributed by atoms with Crippen LogP contribution >= 0.6 is 0 Å². The molecule has 2 N–H and O–H groups in total. The van der Waals surface area contributed by atoms with Crippen molar-refractivity contribution >= 4 is 21.6 Å². The fourth-order valence-corrected chi connectivity index (χ4v) is 4.38. The van der Waals surface area contributed by atoms with Gasteiger partial charge >= 0.3 is 0 Å². The lowest BCUT2D eigenvalue weighted by Gasteiger charge is -2.38. The molecule has 29 heavy (non-hydrogen) atoms. The number of nitrogens with one attached hydrogen (secondary N) is 2. The van der Waals surface area contributed by atoms with Gasteiger partial charge in [0.15, 0.2) is 0 Å². The van der Waals surface area contributed by atoms with Crippen LogP contribution in [0.15, 0.2) is 48.5 Å². The molecule has 1 heterocycles. The minimum Gasteiger partial charge on any atom is -0.350 e. The molecule has 0 bridgehead atoms. The summed E-state index contributed by atoms with van der Waals surface area (Å²) >= 11 is 0. The maximum atomic E-state index is 12.7. The molecule has 1 atom stereocenters. The van der Waals surface area contributed by atoms with Gasteiger partial charge in [0.05, 0.1) is 6.26 Å². The largest absolute Gasteiger partial charge is 0.350 e. The van der Waals surface area contributed by atoms with Crippen molar-refractivity contribution in [3.8, 4) is 0 Å². The number of amides is 1. The average Bonchev–Trinajstić information content (AvgIpc) is 2.66. The summed E-state index contributed by atoms with van der Waals surface area (Å²) in [5.41, 5.74) is 3.58. The summed E-state index contributed by atoms with van der Waals surface area (Å²) in [7, 11) is -3.38. The Morgan fingerprint density at radius 3 is 2.52 bits per heavy atom. The van der Waals surface area contributed by atoms with Gasteiger partial charge in [-0.25, -0.2) is 8.42 Å². The number of nitrogens with zero attached hydrogens (tertiary/aromatic N) is 1. The van der Waals surface area contributed by atoms with E-state index < -0.39 is 10.0 Å². The summed E-state index contributed by atoms with van der Waals surface area (Å²) in [6.07, 6.45) is 2.11. The van der Waals surface area contributed by atoms with Crippen LogP contribution in [0.1, 0.15) is 35.3 Å². The van der Waals surface area contributed by atoms with Crippen molar-refractivity contribution in [2.45, 2.75) is 32.9 Å². The second-order valence-electron chi connectivity index (χ2n) is 7.97. The molecule has 0 saturated heterocycles. The van der Waals surface area contributed by atoms with Gasteiger partial charge < -0.3 is 5.32 Å². The van der Waals surface area contributed by atoms with Crippen molar-refractivity contribution in [1.82, 2.24) is 10.2 Å². The Morgan fingerprint density at radius 1 is 1.10 bits per heavy atom. The lowest BCUT2D eigenvalue weighted by molar-refractivity contribution is 0.0904. The molecule has 2 aromatic rings. The Labute approximate surface area is 173 Å². The molecule has 6 nitrogen and oxygen atoms in total. The van der Waals surface area contributed by atoms with Gasteiger partial charge in [0.25, 0.3) is 5.91 Å². The van der Waals surface area contributed by atoms with Crippen LogP contribution in [-0.2, 0) is 23.0 Å². The molecule has 2 aromatic carbocycles. The maximum Gasteiger partial charge on any atom is 0.251 e. The first-order valence-corrected chi connectivity index (χ1v) is 11.8. The molecule has 3 rings (SSSR count). The Hall–Kier alpha value is -2.38. The Kier molecular flexibility index (Phi) is 6.59. The number of carbonyl (C=O) groups is 1. The quantitative estimate of drug-likeness (QED) is 0.729. The van der Waals surface area contributed by atoms with Crippen LogP contribution in [0.25, 0.3) is 0 Å². The van der Waals surface area contributed by atoms with E-state index in [2.05, 4.69) is 53.1 Å². The third kappa shape index (κ3) is 5.81. The number of carbonyl (C=O) groups excluding carboxylic acids is 1. The minimum atomic E-state index is -3.38. The van der Waals surface area contributed by atoms with Gasteiger partial charge in [-0.1, -0.05) is 44.2 Å². The fraction of sp³-hybridized carbons (Fsp3) is 0.409. The molecule has 0 aromatic heterocycles. The molecular weight excluding hydrogens is 386 g/mol. The monoisotopic (exact) mass is 415 g/mol. The molecule has 7 heteroatoms. The van der Waals surface area contributed by atoms with Crippen molar-refractivity contribution in [3.05, 3.63) is 65.2 Å². The summed E-state index contributed by atoms with van der Waals surface area (Å²) in [4.78, 5) is 15.1. The first-order chi connectivity index (χ1) is 13.7. The van der Waals surface area contributed by atoms with Gasteiger partial charge in [-0.15, -0.1) is 0 Å². The van der Waals surface area contributed by atoms with Gasteiger partial charge in [-0.2, -0.15) is 0 Å². The topological polar surface area (TPSA) is 78.5 Å². The van der Waals surface area contributed by atoms with Gasteiger partial charge in [0, 0.05) is 36.9 Å². The van der Waals surface area contributed by atoms with Crippen molar-refractivity contribution in [2.24, 2.45) is 5.92 Å². The first-order valence-electron chi connectivity index (χ1n) is 9.90. The first kappa shape index (κ1) is 21.3. The molecular formula is C22H29N3O3S. The molecule has 0 spiro atoms. The van der Waals surface area contributed by atoms with E-state index in [1.807, 2.05) is 0 Å². The second kappa shape index (κ2) is 8.97. The number of benzene rings is 2. The summed E-state index contributed by atoms with van der Waals surface area (Å²) in [5.74, 6) is 0.184. The molecule has 0 aliphatic carbocycles. The molecule has 0 radical (unpaired) electrons. The standard InChI is InChI=1S/C22H29N3O3S/c1-16(2)21(25-12-11-17-7-4-5-8-19(17)15-25)14-23-22(26)18-9-6-10-20(13-18)24-29(3,27)28/h4-10,13,16,21,24H,11-12,14-15H2,1-3H3,(H,23,26)/t21-/m1/s1. The van der Waals surface area contributed by atoms with Crippen LogP contribution in [0.5, 0.6) is 0 Å². The lowest BCUT2D eigenvalue weighted by Crippen LogP contribution is -2.48. The normalized spacial score (nSPS) is 15.6. The predicted molar refractivity (Wildman–Crippen MR) is 116 cm³/mol. The van der Waals surface area contributed by atoms with Crippen LogP contribution in [0, 0.1) is 5.92 Å². The van der Waals surface area contributed by atoms with Crippen LogP contribution in [-0.4, -0.2) is 44.6 Å². The highest BCUT2D eigenvalue weighted by atomic mass is 32.2. The number of hydrogen-bond donors (Lipinski definition) is 2. The third-order valence-corrected chi connectivity index (χ3v) is 5.90.